The molecule has 0 spiro atoms. The number of carboxylic acid groups (broad SMARTS) is 1. The second kappa shape index (κ2) is 5.06. The zero-order chi connectivity index (χ0) is 14.0. The summed E-state index contributed by atoms with van der Waals surface area (Å²) in [5, 5.41) is 11.9. The van der Waals surface area contributed by atoms with Crippen molar-refractivity contribution in [1.29, 1.82) is 0 Å². The third-order valence-corrected chi connectivity index (χ3v) is 2.80. The summed E-state index contributed by atoms with van der Waals surface area (Å²) in [6.07, 6.45) is 2.66. The maximum absolute atomic E-state index is 10.7. The quantitative estimate of drug-likeness (QED) is 0.884. The van der Waals surface area contributed by atoms with Gasteiger partial charge >= 0.3 is 5.97 Å². The molecule has 0 aliphatic rings. The first-order chi connectivity index (χ1) is 8.97. The third-order valence-electron chi connectivity index (χ3n) is 2.80. The molecule has 1 heterocycles. The van der Waals surface area contributed by atoms with Crippen LogP contribution >= 0.6 is 0 Å². The molecule has 1 aromatic carbocycles. The molecule has 0 fully saturated rings. The molecule has 0 saturated heterocycles. The van der Waals surface area contributed by atoms with E-state index in [4.69, 9.17) is 5.11 Å². The Morgan fingerprint density at radius 3 is 2.21 bits per heavy atom. The van der Waals surface area contributed by atoms with Crippen LogP contribution in [-0.4, -0.2) is 21.0 Å². The Hall–Kier alpha value is -2.43. The molecule has 2 N–H and O–H groups in total. The number of anilines is 2. The molecule has 5 nitrogen and oxygen atoms in total. The number of nitrogens with zero attached hydrogens (tertiary/aromatic N) is 2. The molecule has 0 radical (unpaired) electrons. The second-order valence-corrected chi connectivity index (χ2v) is 4.49. The zero-order valence-electron chi connectivity index (χ0n) is 11.1. The number of aromatic carboxylic acids is 1. The molecule has 0 atom stereocenters. The van der Waals surface area contributed by atoms with Gasteiger partial charge in [0.15, 0.2) is 5.69 Å². The van der Waals surface area contributed by atoms with Crippen LogP contribution in [0.5, 0.6) is 0 Å². The summed E-state index contributed by atoms with van der Waals surface area (Å²) in [6.45, 7) is 6.08. The highest BCUT2D eigenvalue weighted by molar-refractivity contribution is 5.85. The Labute approximate surface area is 111 Å². The van der Waals surface area contributed by atoms with Crippen molar-refractivity contribution < 1.29 is 9.90 Å². The molecule has 0 unspecified atom stereocenters. The largest absolute Gasteiger partial charge is 0.476 e. The minimum Gasteiger partial charge on any atom is -0.476 e. The number of benzene rings is 1. The highest BCUT2D eigenvalue weighted by Crippen LogP contribution is 2.24. The van der Waals surface area contributed by atoms with E-state index in [1.165, 1.54) is 18.0 Å². The highest BCUT2D eigenvalue weighted by Gasteiger charge is 2.07. The van der Waals surface area contributed by atoms with Gasteiger partial charge in [-0.05, 0) is 31.9 Å². The zero-order valence-corrected chi connectivity index (χ0v) is 11.1. The van der Waals surface area contributed by atoms with Crippen LogP contribution in [0.15, 0.2) is 24.5 Å². The van der Waals surface area contributed by atoms with E-state index in [2.05, 4.69) is 27.4 Å². The monoisotopic (exact) mass is 257 g/mol. The molecule has 2 rings (SSSR count). The van der Waals surface area contributed by atoms with Crippen LogP contribution < -0.4 is 5.32 Å². The fourth-order valence-corrected chi connectivity index (χ4v) is 2.01. The first-order valence-corrected chi connectivity index (χ1v) is 5.87. The maximum Gasteiger partial charge on any atom is 0.356 e. The second-order valence-electron chi connectivity index (χ2n) is 4.49. The Balaban J connectivity index is 2.29. The van der Waals surface area contributed by atoms with Crippen molar-refractivity contribution in [2.24, 2.45) is 0 Å². The lowest BCUT2D eigenvalue weighted by Crippen LogP contribution is -2.04. The van der Waals surface area contributed by atoms with Gasteiger partial charge in [0.05, 0.1) is 12.4 Å². The number of aromatic nitrogens is 2. The first-order valence-electron chi connectivity index (χ1n) is 5.87. The van der Waals surface area contributed by atoms with E-state index in [0.29, 0.717) is 5.82 Å². The van der Waals surface area contributed by atoms with E-state index in [1.807, 2.05) is 20.8 Å². The molecule has 0 aliphatic heterocycles. The van der Waals surface area contributed by atoms with Gasteiger partial charge in [-0.3, -0.25) is 0 Å². The summed E-state index contributed by atoms with van der Waals surface area (Å²) >= 11 is 0. The van der Waals surface area contributed by atoms with Gasteiger partial charge in [0.2, 0.25) is 0 Å². The molecule has 2 aromatic rings. The average molecular weight is 257 g/mol. The maximum atomic E-state index is 10.7. The number of aryl methyl sites for hydroxylation is 3. The third kappa shape index (κ3) is 2.88. The Morgan fingerprint density at radius 1 is 1.11 bits per heavy atom. The molecular weight excluding hydrogens is 242 g/mol. The number of rotatable bonds is 3. The summed E-state index contributed by atoms with van der Waals surface area (Å²) in [5.41, 5.74) is 4.34. The summed E-state index contributed by atoms with van der Waals surface area (Å²) in [5.74, 6) is -0.554. The lowest BCUT2D eigenvalue weighted by Gasteiger charge is -2.13. The van der Waals surface area contributed by atoms with Gasteiger partial charge in [-0.15, -0.1) is 0 Å². The van der Waals surface area contributed by atoms with E-state index in [1.54, 1.807) is 0 Å². The summed E-state index contributed by atoms with van der Waals surface area (Å²) in [6, 6.07) is 4.16. The molecule has 0 aliphatic carbocycles. The molecule has 98 valence electrons. The van der Waals surface area contributed by atoms with Gasteiger partial charge < -0.3 is 10.4 Å². The summed E-state index contributed by atoms with van der Waals surface area (Å²) in [4.78, 5) is 18.6. The van der Waals surface area contributed by atoms with E-state index in [0.717, 1.165) is 16.8 Å². The lowest BCUT2D eigenvalue weighted by atomic mass is 10.1. The van der Waals surface area contributed by atoms with E-state index in [-0.39, 0.29) is 5.69 Å². The molecule has 1 aromatic heterocycles. The molecule has 0 bridgehead atoms. The van der Waals surface area contributed by atoms with Gasteiger partial charge in [-0.25, -0.2) is 14.8 Å². The summed E-state index contributed by atoms with van der Waals surface area (Å²) < 4.78 is 0. The minimum absolute atomic E-state index is 0.0668. The molecular formula is C14H15N3O2. The smallest absolute Gasteiger partial charge is 0.356 e. The van der Waals surface area contributed by atoms with Crippen molar-refractivity contribution in [2.45, 2.75) is 20.8 Å². The number of carbonyl (C=O) groups is 1. The molecule has 5 heteroatoms. The van der Waals surface area contributed by atoms with Gasteiger partial charge in [-0.1, -0.05) is 17.7 Å². The topological polar surface area (TPSA) is 75.1 Å². The van der Waals surface area contributed by atoms with E-state index >= 15 is 0 Å². The van der Waals surface area contributed by atoms with Crippen molar-refractivity contribution in [3.8, 4) is 0 Å². The number of carboxylic acids is 1. The van der Waals surface area contributed by atoms with Crippen LogP contribution in [-0.2, 0) is 0 Å². The van der Waals surface area contributed by atoms with Gasteiger partial charge in [0, 0.05) is 5.69 Å². The standard InChI is InChI=1S/C14H15N3O2/c1-8-4-9(2)13(10(3)5-8)17-12-7-15-11(6-16-12)14(18)19/h4-7H,1-3H3,(H,16,17)(H,18,19). The Bertz CT molecular complexity index is 598. The Morgan fingerprint density at radius 2 is 1.74 bits per heavy atom. The van der Waals surface area contributed by atoms with E-state index < -0.39 is 5.97 Å². The highest BCUT2D eigenvalue weighted by atomic mass is 16.4. The number of nitrogens with one attached hydrogen (secondary N) is 1. The summed E-state index contributed by atoms with van der Waals surface area (Å²) in [7, 11) is 0. The number of hydrogen-bond acceptors (Lipinski definition) is 4. The van der Waals surface area contributed by atoms with Crippen molar-refractivity contribution in [1.82, 2.24) is 9.97 Å². The van der Waals surface area contributed by atoms with Crippen LogP contribution in [0.2, 0.25) is 0 Å². The van der Waals surface area contributed by atoms with Gasteiger partial charge in [0.25, 0.3) is 0 Å². The van der Waals surface area contributed by atoms with Crippen LogP contribution in [0.3, 0.4) is 0 Å². The molecule has 19 heavy (non-hydrogen) atoms. The van der Waals surface area contributed by atoms with Gasteiger partial charge in [0.1, 0.15) is 5.82 Å². The number of hydrogen-bond donors (Lipinski definition) is 2. The van der Waals surface area contributed by atoms with Gasteiger partial charge in [-0.2, -0.15) is 0 Å². The van der Waals surface area contributed by atoms with Crippen molar-refractivity contribution in [3.63, 3.8) is 0 Å². The minimum atomic E-state index is -1.08. The fraction of sp³-hybridized carbons (Fsp3) is 0.214. The van der Waals surface area contributed by atoms with E-state index in [9.17, 15) is 4.79 Å². The average Bonchev–Trinajstić information content (AvgIpc) is 2.34. The SMILES string of the molecule is Cc1cc(C)c(Nc2cnc(C(=O)O)cn2)c(C)c1. The van der Waals surface area contributed by atoms with Crippen LogP contribution in [0.25, 0.3) is 0 Å². The molecule has 0 saturated carbocycles. The first kappa shape index (κ1) is 13.0. The van der Waals surface area contributed by atoms with Crippen LogP contribution in [0, 0.1) is 20.8 Å². The van der Waals surface area contributed by atoms with Crippen molar-refractivity contribution >= 4 is 17.5 Å². The van der Waals surface area contributed by atoms with Crippen molar-refractivity contribution in [3.05, 3.63) is 46.9 Å². The normalized spacial score (nSPS) is 10.3. The predicted molar refractivity (Wildman–Crippen MR) is 72.9 cm³/mol. The lowest BCUT2D eigenvalue weighted by molar-refractivity contribution is 0.0690. The predicted octanol–water partition coefficient (Wildman–Crippen LogP) is 2.84. The van der Waals surface area contributed by atoms with Crippen LogP contribution in [0.4, 0.5) is 11.5 Å². The Kier molecular flexibility index (Phi) is 3.46. The van der Waals surface area contributed by atoms with Crippen molar-refractivity contribution in [2.75, 3.05) is 5.32 Å². The fourth-order valence-electron chi connectivity index (χ4n) is 2.01. The van der Waals surface area contributed by atoms with Crippen LogP contribution in [0.1, 0.15) is 27.2 Å². The molecule has 0 amide bonds.